The topological polar surface area (TPSA) is 69.1 Å². The number of hydrogen-bond donors (Lipinski definition) is 2. The molecule has 1 aromatic rings. The van der Waals surface area contributed by atoms with Crippen LogP contribution < -0.4 is 10.6 Å². The van der Waals surface area contributed by atoms with Gasteiger partial charge in [0.2, 0.25) is 5.91 Å². The average molecular weight is 333 g/mol. The van der Waals surface area contributed by atoms with E-state index in [9.17, 15) is 4.79 Å². The Bertz CT molecular complexity index is 635. The van der Waals surface area contributed by atoms with Gasteiger partial charge in [0.25, 0.3) is 0 Å². The van der Waals surface area contributed by atoms with Gasteiger partial charge in [-0.05, 0) is 51.0 Å². The van der Waals surface area contributed by atoms with Gasteiger partial charge < -0.3 is 10.6 Å². The second kappa shape index (κ2) is 7.81. The van der Waals surface area contributed by atoms with Crippen LogP contribution in [0.25, 0.3) is 0 Å². The van der Waals surface area contributed by atoms with Crippen molar-refractivity contribution in [1.82, 2.24) is 10.2 Å². The van der Waals surface area contributed by atoms with Gasteiger partial charge >= 0.3 is 0 Å². The van der Waals surface area contributed by atoms with E-state index in [2.05, 4.69) is 31.2 Å². The van der Waals surface area contributed by atoms with Gasteiger partial charge in [-0.1, -0.05) is 13.0 Å². The molecule has 0 unspecified atom stereocenters. The average Bonchev–Trinajstić information content (AvgIpc) is 3.05. The summed E-state index contributed by atoms with van der Waals surface area (Å²) in [5, 5.41) is 6.39. The highest BCUT2D eigenvalue weighted by Gasteiger charge is 2.23. The molecule has 0 radical (unpaired) electrons. The van der Waals surface area contributed by atoms with Crippen LogP contribution in [0.1, 0.15) is 26.2 Å². The number of piperidine rings is 1. The third-order valence-corrected chi connectivity index (χ3v) is 4.79. The van der Waals surface area contributed by atoms with Crippen molar-refractivity contribution in [2.24, 2.45) is 8.73 Å². The molecule has 2 heterocycles. The van der Waals surface area contributed by atoms with Crippen LogP contribution in [-0.4, -0.2) is 43.0 Å². The standard InChI is InChI=1S/C16H23N5OS/c1-2-10-21(12-6-8-17-9-7-12)11-15(22)18-13-4-3-5-14-16(13)20-23-19-14/h3-5,12,17H,2,6-11H2,1H3,(H,18,22). The van der Waals surface area contributed by atoms with Gasteiger partial charge in [-0.2, -0.15) is 8.73 Å². The highest BCUT2D eigenvalue weighted by Crippen LogP contribution is 2.38. The molecule has 0 bridgehead atoms. The first-order valence-electron chi connectivity index (χ1n) is 8.24. The van der Waals surface area contributed by atoms with E-state index in [0.29, 0.717) is 12.6 Å². The Morgan fingerprint density at radius 1 is 1.39 bits per heavy atom. The minimum absolute atomic E-state index is 0.0254. The van der Waals surface area contributed by atoms with Crippen LogP contribution in [-0.2, 0) is 16.1 Å². The van der Waals surface area contributed by atoms with E-state index in [1.165, 1.54) is 11.4 Å². The number of anilines is 1. The number of nitrogens with zero attached hydrogens (tertiary/aromatic N) is 3. The molecule has 6 nitrogen and oxygen atoms in total. The highest BCUT2D eigenvalue weighted by atomic mass is 32.1. The molecule has 1 fully saturated rings. The molecular weight excluding hydrogens is 310 g/mol. The maximum Gasteiger partial charge on any atom is 0.238 e. The first-order valence-corrected chi connectivity index (χ1v) is 8.97. The van der Waals surface area contributed by atoms with Gasteiger partial charge in [0.05, 0.1) is 23.6 Å². The molecule has 0 saturated carbocycles. The Labute approximate surface area is 140 Å². The number of nitrogens with one attached hydrogen (secondary N) is 2. The smallest absolute Gasteiger partial charge is 0.238 e. The van der Waals surface area contributed by atoms with Crippen molar-refractivity contribution in [1.29, 1.82) is 0 Å². The van der Waals surface area contributed by atoms with Crippen molar-refractivity contribution < 1.29 is 4.79 Å². The Morgan fingerprint density at radius 2 is 2.22 bits per heavy atom. The molecule has 0 atom stereocenters. The summed E-state index contributed by atoms with van der Waals surface area (Å²) in [6.45, 7) is 5.63. The molecular formula is C16H23N5OS. The van der Waals surface area contributed by atoms with E-state index in [-0.39, 0.29) is 5.91 Å². The lowest BCUT2D eigenvalue weighted by Gasteiger charge is -2.34. The van der Waals surface area contributed by atoms with Gasteiger partial charge in [0.1, 0.15) is 11.4 Å². The Balaban J connectivity index is 1.63. The third kappa shape index (κ3) is 4.04. The molecule has 0 aliphatic carbocycles. The number of benzene rings is 1. The molecule has 0 spiro atoms. The minimum Gasteiger partial charge on any atom is -0.323 e. The SMILES string of the molecule is CCCN(CC(=O)Nc1cccc2c1N=S=N2)C1CCNCC1. The molecule has 23 heavy (non-hydrogen) atoms. The summed E-state index contributed by atoms with van der Waals surface area (Å²) in [6.07, 6.45) is 3.28. The lowest BCUT2D eigenvalue weighted by Crippen LogP contribution is -2.46. The van der Waals surface area contributed by atoms with Crippen LogP contribution in [0.4, 0.5) is 17.1 Å². The van der Waals surface area contributed by atoms with E-state index in [1.807, 2.05) is 18.2 Å². The van der Waals surface area contributed by atoms with E-state index < -0.39 is 0 Å². The van der Waals surface area contributed by atoms with Crippen LogP contribution in [0.5, 0.6) is 0 Å². The predicted molar refractivity (Wildman–Crippen MR) is 94.4 cm³/mol. The fourth-order valence-corrected chi connectivity index (χ4v) is 3.68. The number of carbonyl (C=O) groups is 1. The van der Waals surface area contributed by atoms with Gasteiger partial charge in [-0.3, -0.25) is 9.69 Å². The molecule has 124 valence electrons. The van der Waals surface area contributed by atoms with E-state index in [1.54, 1.807) is 0 Å². The monoisotopic (exact) mass is 333 g/mol. The van der Waals surface area contributed by atoms with E-state index in [0.717, 1.165) is 56.0 Å². The van der Waals surface area contributed by atoms with Gasteiger partial charge in [-0.25, -0.2) is 0 Å². The van der Waals surface area contributed by atoms with Crippen molar-refractivity contribution >= 4 is 34.3 Å². The fourth-order valence-electron chi connectivity index (χ4n) is 3.13. The molecule has 7 heteroatoms. The Kier molecular flexibility index (Phi) is 5.53. The molecule has 0 aromatic heterocycles. The highest BCUT2D eigenvalue weighted by molar-refractivity contribution is 7.58. The molecule has 2 aliphatic rings. The summed E-state index contributed by atoms with van der Waals surface area (Å²) >= 11 is 1.17. The zero-order chi connectivity index (χ0) is 16.1. The maximum atomic E-state index is 12.5. The summed E-state index contributed by atoms with van der Waals surface area (Å²) in [7, 11) is 0. The van der Waals surface area contributed by atoms with Crippen LogP contribution in [0, 0.1) is 0 Å². The third-order valence-electron chi connectivity index (χ3n) is 4.24. The van der Waals surface area contributed by atoms with Crippen molar-refractivity contribution in [2.75, 3.05) is 31.5 Å². The second-order valence-electron chi connectivity index (χ2n) is 5.94. The zero-order valence-corrected chi connectivity index (χ0v) is 14.2. The zero-order valence-electron chi connectivity index (χ0n) is 13.4. The summed E-state index contributed by atoms with van der Waals surface area (Å²) in [4.78, 5) is 14.8. The van der Waals surface area contributed by atoms with E-state index in [4.69, 9.17) is 0 Å². The molecule has 2 N–H and O–H groups in total. The lowest BCUT2D eigenvalue weighted by atomic mass is 10.0. The Hall–Kier alpha value is -1.57. The van der Waals surface area contributed by atoms with Gasteiger partial charge in [0, 0.05) is 6.04 Å². The fraction of sp³-hybridized carbons (Fsp3) is 0.562. The summed E-state index contributed by atoms with van der Waals surface area (Å²) in [5.41, 5.74) is 2.36. The molecule has 2 aliphatic heterocycles. The number of amides is 1. The number of carbonyl (C=O) groups excluding carboxylic acids is 1. The summed E-state index contributed by atoms with van der Waals surface area (Å²) < 4.78 is 8.48. The van der Waals surface area contributed by atoms with Crippen LogP contribution in [0.2, 0.25) is 0 Å². The van der Waals surface area contributed by atoms with Crippen molar-refractivity contribution in [3.8, 4) is 0 Å². The first kappa shape index (κ1) is 16.3. The van der Waals surface area contributed by atoms with E-state index >= 15 is 0 Å². The number of fused-ring (bicyclic) bond motifs is 1. The first-order chi connectivity index (χ1) is 11.3. The Morgan fingerprint density at radius 3 is 3.00 bits per heavy atom. The molecule has 3 rings (SSSR count). The number of rotatable bonds is 6. The van der Waals surface area contributed by atoms with Crippen molar-refractivity contribution in [3.63, 3.8) is 0 Å². The quantitative estimate of drug-likeness (QED) is 0.854. The van der Waals surface area contributed by atoms with Crippen LogP contribution >= 0.6 is 0 Å². The lowest BCUT2D eigenvalue weighted by molar-refractivity contribution is -0.118. The summed E-state index contributed by atoms with van der Waals surface area (Å²) in [6, 6.07) is 6.19. The molecule has 1 saturated heterocycles. The van der Waals surface area contributed by atoms with Gasteiger partial charge in [-0.15, -0.1) is 0 Å². The maximum absolute atomic E-state index is 12.5. The molecule has 1 aromatic carbocycles. The minimum atomic E-state index is 0.0254. The van der Waals surface area contributed by atoms with Crippen molar-refractivity contribution in [2.45, 2.75) is 32.2 Å². The second-order valence-corrected chi connectivity index (χ2v) is 6.47. The molecule has 1 amide bonds. The van der Waals surface area contributed by atoms with Crippen molar-refractivity contribution in [3.05, 3.63) is 18.2 Å². The number of hydrogen-bond acceptors (Lipinski definition) is 5. The van der Waals surface area contributed by atoms with Crippen LogP contribution in [0.3, 0.4) is 0 Å². The summed E-state index contributed by atoms with van der Waals surface area (Å²) in [5.74, 6) is 0.0254. The van der Waals surface area contributed by atoms with Crippen LogP contribution in [0.15, 0.2) is 26.9 Å². The van der Waals surface area contributed by atoms with Gasteiger partial charge in [0.15, 0.2) is 0 Å². The predicted octanol–water partition coefficient (Wildman–Crippen LogP) is 2.82. The normalized spacial score (nSPS) is 17.1. The largest absolute Gasteiger partial charge is 0.323 e.